The van der Waals surface area contributed by atoms with Crippen molar-refractivity contribution in [2.45, 2.75) is 52.1 Å². The van der Waals surface area contributed by atoms with Crippen molar-refractivity contribution >= 4 is 0 Å². The first kappa shape index (κ1) is 12.0. The lowest BCUT2D eigenvalue weighted by molar-refractivity contribution is 0.0475. The Kier molecular flexibility index (Phi) is 3.27. The van der Waals surface area contributed by atoms with E-state index in [4.69, 9.17) is 0 Å². The first-order valence-corrected chi connectivity index (χ1v) is 5.72. The molecule has 2 nitrogen and oxygen atoms in total. The van der Waals surface area contributed by atoms with Gasteiger partial charge in [0.05, 0.1) is 0 Å². The van der Waals surface area contributed by atoms with Gasteiger partial charge in [-0.2, -0.15) is 0 Å². The molecule has 14 heavy (non-hydrogen) atoms. The summed E-state index contributed by atoms with van der Waals surface area (Å²) in [5.74, 6) is 0.784. The van der Waals surface area contributed by atoms with Gasteiger partial charge in [-0.15, -0.1) is 0 Å². The highest BCUT2D eigenvalue weighted by Crippen LogP contribution is 2.38. The smallest absolute Gasteiger partial charge is 0.0199 e. The minimum Gasteiger partial charge on any atom is -0.319 e. The van der Waals surface area contributed by atoms with Gasteiger partial charge < -0.3 is 5.32 Å². The Balaban J connectivity index is 2.76. The van der Waals surface area contributed by atoms with Gasteiger partial charge in [-0.05, 0) is 67.1 Å². The Morgan fingerprint density at radius 2 is 1.93 bits per heavy atom. The molecule has 1 aliphatic rings. The van der Waals surface area contributed by atoms with Crippen LogP contribution in [0.1, 0.15) is 41.0 Å². The third-order valence-electron chi connectivity index (χ3n) is 3.66. The molecule has 1 saturated heterocycles. The van der Waals surface area contributed by atoms with E-state index in [9.17, 15) is 0 Å². The molecule has 1 fully saturated rings. The van der Waals surface area contributed by atoms with E-state index in [1.54, 1.807) is 0 Å². The van der Waals surface area contributed by atoms with E-state index in [0.29, 0.717) is 11.1 Å². The van der Waals surface area contributed by atoms with E-state index in [-0.39, 0.29) is 0 Å². The maximum atomic E-state index is 3.31. The lowest BCUT2D eigenvalue weighted by atomic mass is 9.86. The summed E-state index contributed by atoms with van der Waals surface area (Å²) in [5.41, 5.74) is 0.632. The molecule has 1 rings (SSSR count). The quantitative estimate of drug-likeness (QED) is 0.731. The predicted molar refractivity (Wildman–Crippen MR) is 62.6 cm³/mol. The van der Waals surface area contributed by atoms with Gasteiger partial charge in [-0.3, -0.25) is 4.90 Å². The Morgan fingerprint density at radius 1 is 1.36 bits per heavy atom. The molecule has 1 heterocycles. The normalized spacial score (nSPS) is 28.3. The SMILES string of the molecule is CNCC1CCN(C(C)(C)C)C1(C)C. The van der Waals surface area contributed by atoms with Crippen molar-refractivity contribution in [3.8, 4) is 0 Å². The molecule has 0 radical (unpaired) electrons. The van der Waals surface area contributed by atoms with Crippen LogP contribution in [-0.4, -0.2) is 36.1 Å². The van der Waals surface area contributed by atoms with Crippen molar-refractivity contribution in [2.75, 3.05) is 20.1 Å². The fourth-order valence-electron chi connectivity index (χ4n) is 2.94. The molecular formula is C12H26N2. The summed E-state index contributed by atoms with van der Waals surface area (Å²) < 4.78 is 0. The monoisotopic (exact) mass is 198 g/mol. The van der Waals surface area contributed by atoms with Crippen molar-refractivity contribution in [2.24, 2.45) is 5.92 Å². The fraction of sp³-hybridized carbons (Fsp3) is 1.00. The summed E-state index contributed by atoms with van der Waals surface area (Å²) in [4.78, 5) is 2.64. The zero-order valence-corrected chi connectivity index (χ0v) is 10.6. The molecule has 1 unspecified atom stereocenters. The van der Waals surface area contributed by atoms with E-state index in [1.165, 1.54) is 13.0 Å². The number of likely N-dealkylation sites (tertiary alicyclic amines) is 1. The fourth-order valence-corrected chi connectivity index (χ4v) is 2.94. The average molecular weight is 198 g/mol. The molecule has 0 aliphatic carbocycles. The summed E-state index contributed by atoms with van der Waals surface area (Å²) >= 11 is 0. The Bertz CT molecular complexity index is 191. The van der Waals surface area contributed by atoms with Gasteiger partial charge in [0.25, 0.3) is 0 Å². The van der Waals surface area contributed by atoms with Gasteiger partial charge in [0.1, 0.15) is 0 Å². The molecule has 1 atom stereocenters. The molecule has 84 valence electrons. The molecule has 0 spiro atoms. The van der Waals surface area contributed by atoms with Crippen LogP contribution in [-0.2, 0) is 0 Å². The minimum absolute atomic E-state index is 0.298. The second kappa shape index (κ2) is 3.82. The maximum absolute atomic E-state index is 3.31. The second-order valence-electron chi connectivity index (χ2n) is 6.02. The standard InChI is InChI=1S/C12H26N2/c1-11(2,3)14-8-7-10(9-13-6)12(14,4)5/h10,13H,7-9H2,1-6H3. The molecule has 0 aromatic rings. The summed E-state index contributed by atoms with van der Waals surface area (Å²) in [6.45, 7) is 14.1. The third kappa shape index (κ3) is 2.12. The van der Waals surface area contributed by atoms with Crippen LogP contribution in [0.15, 0.2) is 0 Å². The van der Waals surface area contributed by atoms with Crippen molar-refractivity contribution in [1.29, 1.82) is 0 Å². The van der Waals surface area contributed by atoms with E-state index in [0.717, 1.165) is 12.5 Å². The average Bonchev–Trinajstić information content (AvgIpc) is 2.26. The maximum Gasteiger partial charge on any atom is 0.0199 e. The summed E-state index contributed by atoms with van der Waals surface area (Å²) in [6.07, 6.45) is 1.32. The molecular weight excluding hydrogens is 172 g/mol. The molecule has 0 saturated carbocycles. The molecule has 0 aromatic carbocycles. The van der Waals surface area contributed by atoms with Crippen LogP contribution < -0.4 is 5.32 Å². The van der Waals surface area contributed by atoms with Crippen molar-refractivity contribution < 1.29 is 0 Å². The highest BCUT2D eigenvalue weighted by molar-refractivity contribution is 5.00. The number of hydrogen-bond acceptors (Lipinski definition) is 2. The van der Waals surface area contributed by atoms with E-state index < -0.39 is 0 Å². The predicted octanol–water partition coefficient (Wildman–Crippen LogP) is 2.10. The first-order valence-electron chi connectivity index (χ1n) is 5.72. The van der Waals surface area contributed by atoms with Gasteiger partial charge in [-0.25, -0.2) is 0 Å². The second-order valence-corrected chi connectivity index (χ2v) is 6.02. The molecule has 0 amide bonds. The molecule has 0 bridgehead atoms. The third-order valence-corrected chi connectivity index (χ3v) is 3.66. The summed E-state index contributed by atoms with van der Waals surface area (Å²) in [7, 11) is 2.05. The Hall–Kier alpha value is -0.0800. The highest BCUT2D eigenvalue weighted by Gasteiger charge is 2.44. The van der Waals surface area contributed by atoms with Crippen LogP contribution in [0.2, 0.25) is 0 Å². The van der Waals surface area contributed by atoms with E-state index in [1.807, 2.05) is 0 Å². The van der Waals surface area contributed by atoms with Crippen LogP contribution >= 0.6 is 0 Å². The molecule has 0 aromatic heterocycles. The zero-order valence-electron chi connectivity index (χ0n) is 10.6. The van der Waals surface area contributed by atoms with Crippen LogP contribution in [0.4, 0.5) is 0 Å². The van der Waals surface area contributed by atoms with Crippen molar-refractivity contribution in [3.05, 3.63) is 0 Å². The van der Waals surface area contributed by atoms with Gasteiger partial charge >= 0.3 is 0 Å². The van der Waals surface area contributed by atoms with Crippen LogP contribution in [0.25, 0.3) is 0 Å². The van der Waals surface area contributed by atoms with Gasteiger partial charge in [0.2, 0.25) is 0 Å². The Morgan fingerprint density at radius 3 is 2.29 bits per heavy atom. The van der Waals surface area contributed by atoms with Gasteiger partial charge in [0.15, 0.2) is 0 Å². The van der Waals surface area contributed by atoms with Crippen molar-refractivity contribution in [1.82, 2.24) is 10.2 Å². The van der Waals surface area contributed by atoms with Crippen LogP contribution in [0, 0.1) is 5.92 Å². The number of nitrogens with zero attached hydrogens (tertiary/aromatic N) is 1. The van der Waals surface area contributed by atoms with Crippen LogP contribution in [0.5, 0.6) is 0 Å². The Labute approximate surface area is 89.1 Å². The number of nitrogens with one attached hydrogen (secondary N) is 1. The summed E-state index contributed by atoms with van der Waals surface area (Å²) in [5, 5.41) is 3.31. The molecule has 1 N–H and O–H groups in total. The van der Waals surface area contributed by atoms with Crippen molar-refractivity contribution in [3.63, 3.8) is 0 Å². The van der Waals surface area contributed by atoms with Gasteiger partial charge in [-0.1, -0.05) is 0 Å². The van der Waals surface area contributed by atoms with E-state index >= 15 is 0 Å². The zero-order chi connectivity index (χ0) is 11.0. The van der Waals surface area contributed by atoms with Crippen LogP contribution in [0.3, 0.4) is 0 Å². The number of rotatable bonds is 2. The lowest BCUT2D eigenvalue weighted by Crippen LogP contribution is -2.53. The number of hydrogen-bond donors (Lipinski definition) is 1. The minimum atomic E-state index is 0.298. The molecule has 2 heteroatoms. The lowest BCUT2D eigenvalue weighted by Gasteiger charge is -2.44. The molecule has 1 aliphatic heterocycles. The first-order chi connectivity index (χ1) is 6.30. The van der Waals surface area contributed by atoms with Gasteiger partial charge in [0, 0.05) is 11.1 Å². The summed E-state index contributed by atoms with van der Waals surface area (Å²) in [6, 6.07) is 0. The largest absolute Gasteiger partial charge is 0.319 e. The topological polar surface area (TPSA) is 15.3 Å². The highest BCUT2D eigenvalue weighted by atomic mass is 15.3. The van der Waals surface area contributed by atoms with E-state index in [2.05, 4.69) is 51.9 Å².